The van der Waals surface area contributed by atoms with Gasteiger partial charge in [-0.15, -0.1) is 0 Å². The molecule has 1 saturated carbocycles. The van der Waals surface area contributed by atoms with Crippen LogP contribution in [0.1, 0.15) is 37.4 Å². The Hall–Kier alpha value is -2.06. The second-order valence-electron chi connectivity index (χ2n) is 7.30. The van der Waals surface area contributed by atoms with Gasteiger partial charge in [-0.25, -0.2) is 4.98 Å². The minimum atomic E-state index is -4.27. The summed E-state index contributed by atoms with van der Waals surface area (Å²) in [6.07, 6.45) is 5.64. The molecule has 1 fully saturated rings. The fraction of sp³-hybridized carbons (Fsp3) is 0.526. The van der Waals surface area contributed by atoms with Crippen LogP contribution >= 0.6 is 0 Å². The Balaban J connectivity index is 1.45. The quantitative estimate of drug-likeness (QED) is 0.838. The van der Waals surface area contributed by atoms with Crippen LogP contribution in [0.25, 0.3) is 11.0 Å². The minimum absolute atomic E-state index is 0.156. The Labute approximate surface area is 154 Å². The van der Waals surface area contributed by atoms with Gasteiger partial charge < -0.3 is 19.7 Å². The Morgan fingerprint density at radius 1 is 1.26 bits per heavy atom. The highest BCUT2D eigenvalue weighted by molar-refractivity contribution is 5.93. The number of anilines is 1. The number of hydrogen-bond donors (Lipinski definition) is 2. The Morgan fingerprint density at radius 2 is 2.04 bits per heavy atom. The number of fused-ring (bicyclic) bond motifs is 3. The zero-order valence-electron chi connectivity index (χ0n) is 14.7. The number of alkyl halides is 3. The van der Waals surface area contributed by atoms with E-state index in [0.29, 0.717) is 0 Å². The van der Waals surface area contributed by atoms with E-state index in [0.717, 1.165) is 48.0 Å². The normalized spacial score (nSPS) is 25.8. The van der Waals surface area contributed by atoms with Crippen molar-refractivity contribution in [2.24, 2.45) is 5.92 Å². The van der Waals surface area contributed by atoms with E-state index in [1.54, 1.807) is 12.3 Å². The van der Waals surface area contributed by atoms with Crippen LogP contribution in [0, 0.1) is 5.92 Å². The largest absolute Gasteiger partial charge is 0.411 e. The van der Waals surface area contributed by atoms with Crippen molar-refractivity contribution in [2.75, 3.05) is 18.1 Å². The number of hydrogen-bond acceptors (Lipinski definition) is 4. The number of halogens is 3. The van der Waals surface area contributed by atoms with Crippen LogP contribution in [0.4, 0.5) is 18.9 Å². The molecule has 1 aliphatic carbocycles. The molecule has 0 radical (unpaired) electrons. The summed E-state index contributed by atoms with van der Waals surface area (Å²) < 4.78 is 41.5. The van der Waals surface area contributed by atoms with E-state index in [2.05, 4.69) is 14.9 Å². The van der Waals surface area contributed by atoms with E-state index < -0.39 is 18.9 Å². The Morgan fingerprint density at radius 3 is 2.78 bits per heavy atom. The fourth-order valence-corrected chi connectivity index (χ4v) is 4.10. The molecule has 1 atom stereocenters. The van der Waals surface area contributed by atoms with Gasteiger partial charge in [0.15, 0.2) is 0 Å². The first kappa shape index (κ1) is 18.3. The van der Waals surface area contributed by atoms with E-state index in [1.165, 1.54) is 0 Å². The van der Waals surface area contributed by atoms with Crippen LogP contribution in [-0.2, 0) is 4.74 Å². The number of aromatic nitrogens is 2. The average Bonchev–Trinajstić information content (AvgIpc) is 3.11. The van der Waals surface area contributed by atoms with Crippen LogP contribution in [0.5, 0.6) is 0 Å². The second-order valence-corrected chi connectivity index (χ2v) is 7.30. The highest BCUT2D eigenvalue weighted by Gasteiger charge is 2.32. The molecular formula is C19H22F3N3O2. The van der Waals surface area contributed by atoms with Crippen molar-refractivity contribution >= 4 is 16.7 Å². The molecule has 1 unspecified atom stereocenters. The maximum atomic E-state index is 12.2. The van der Waals surface area contributed by atoms with Crippen molar-refractivity contribution in [3.05, 3.63) is 36.3 Å². The SMILES string of the molecule is OC1C=CN(C2CCC(COCC(F)(F)F)CC2)c2c1cnc1[nH]ccc21. The summed E-state index contributed by atoms with van der Waals surface area (Å²) in [6, 6.07) is 2.20. The van der Waals surface area contributed by atoms with Gasteiger partial charge in [0.2, 0.25) is 0 Å². The number of aliphatic hydroxyl groups is 1. The molecule has 2 N–H and O–H groups in total. The van der Waals surface area contributed by atoms with Gasteiger partial charge in [0, 0.05) is 42.2 Å². The molecule has 2 aromatic heterocycles. The zero-order valence-corrected chi connectivity index (χ0v) is 14.7. The van der Waals surface area contributed by atoms with Gasteiger partial charge >= 0.3 is 6.18 Å². The molecule has 5 nitrogen and oxygen atoms in total. The van der Waals surface area contributed by atoms with Gasteiger partial charge in [-0.2, -0.15) is 13.2 Å². The number of pyridine rings is 1. The molecule has 3 heterocycles. The van der Waals surface area contributed by atoms with Gasteiger partial charge in [0.25, 0.3) is 0 Å². The number of aliphatic hydroxyl groups excluding tert-OH is 1. The second kappa shape index (κ2) is 7.16. The lowest BCUT2D eigenvalue weighted by atomic mass is 9.85. The summed E-state index contributed by atoms with van der Waals surface area (Å²) in [5.41, 5.74) is 2.52. The van der Waals surface area contributed by atoms with Crippen LogP contribution in [0.15, 0.2) is 30.7 Å². The van der Waals surface area contributed by atoms with Crippen molar-refractivity contribution in [1.29, 1.82) is 0 Å². The first-order valence-electron chi connectivity index (χ1n) is 9.17. The lowest BCUT2D eigenvalue weighted by Gasteiger charge is -2.39. The van der Waals surface area contributed by atoms with Gasteiger partial charge in [-0.05, 0) is 43.7 Å². The van der Waals surface area contributed by atoms with Gasteiger partial charge in [0.1, 0.15) is 18.4 Å². The molecule has 0 amide bonds. The number of aromatic amines is 1. The van der Waals surface area contributed by atoms with Gasteiger partial charge in [-0.3, -0.25) is 0 Å². The smallest absolute Gasteiger partial charge is 0.384 e. The molecular weight excluding hydrogens is 359 g/mol. The number of rotatable bonds is 4. The number of nitrogens with zero attached hydrogens (tertiary/aromatic N) is 2. The number of nitrogens with one attached hydrogen (secondary N) is 1. The number of ether oxygens (including phenoxy) is 1. The summed E-state index contributed by atoms with van der Waals surface area (Å²) in [4.78, 5) is 9.65. The third-order valence-corrected chi connectivity index (χ3v) is 5.42. The maximum absolute atomic E-state index is 12.2. The molecule has 0 aromatic carbocycles. The van der Waals surface area contributed by atoms with Crippen LogP contribution in [0.2, 0.25) is 0 Å². The minimum Gasteiger partial charge on any atom is -0.384 e. The summed E-state index contributed by atoms with van der Waals surface area (Å²) in [5, 5.41) is 11.3. The highest BCUT2D eigenvalue weighted by Crippen LogP contribution is 2.41. The topological polar surface area (TPSA) is 61.4 Å². The lowest BCUT2D eigenvalue weighted by Crippen LogP contribution is -2.37. The predicted octanol–water partition coefficient (Wildman–Crippen LogP) is 4.07. The summed E-state index contributed by atoms with van der Waals surface area (Å²) in [7, 11) is 0. The first-order chi connectivity index (χ1) is 12.9. The van der Waals surface area contributed by atoms with Crippen molar-refractivity contribution < 1.29 is 23.0 Å². The van der Waals surface area contributed by atoms with Crippen molar-refractivity contribution in [2.45, 2.75) is 44.0 Å². The molecule has 8 heteroatoms. The predicted molar refractivity (Wildman–Crippen MR) is 95.3 cm³/mol. The van der Waals surface area contributed by atoms with Crippen LogP contribution in [0.3, 0.4) is 0 Å². The van der Waals surface area contributed by atoms with E-state index in [1.807, 2.05) is 18.5 Å². The standard InChI is InChI=1S/C19H22F3N3O2/c20-19(21,22)11-27-10-12-1-3-13(4-2-12)25-8-6-16(26)15-9-24-18-14(17(15)25)5-7-23-18/h5-9,12-13,16,26H,1-4,10-11H2,(H,23,24). The molecule has 1 aliphatic heterocycles. The third-order valence-electron chi connectivity index (χ3n) is 5.42. The lowest BCUT2D eigenvalue weighted by molar-refractivity contribution is -0.177. The summed E-state index contributed by atoms with van der Waals surface area (Å²) >= 11 is 0. The Kier molecular flexibility index (Phi) is 4.86. The number of H-pyrrole nitrogens is 1. The van der Waals surface area contributed by atoms with Crippen molar-refractivity contribution in [3.8, 4) is 0 Å². The molecule has 4 rings (SSSR count). The van der Waals surface area contributed by atoms with Crippen molar-refractivity contribution in [3.63, 3.8) is 0 Å². The molecule has 2 aliphatic rings. The zero-order chi connectivity index (χ0) is 19.0. The fourth-order valence-electron chi connectivity index (χ4n) is 4.10. The third kappa shape index (κ3) is 3.82. The van der Waals surface area contributed by atoms with E-state index in [4.69, 9.17) is 4.74 Å². The van der Waals surface area contributed by atoms with Crippen molar-refractivity contribution in [1.82, 2.24) is 9.97 Å². The molecule has 0 spiro atoms. The summed E-state index contributed by atoms with van der Waals surface area (Å²) in [6.45, 7) is -1.02. The molecule has 146 valence electrons. The van der Waals surface area contributed by atoms with Crippen LogP contribution < -0.4 is 4.90 Å². The van der Waals surface area contributed by atoms with Gasteiger partial charge in [-0.1, -0.05) is 0 Å². The molecule has 0 saturated heterocycles. The Bertz CT molecular complexity index is 825. The molecule has 2 aromatic rings. The monoisotopic (exact) mass is 381 g/mol. The first-order valence-corrected chi connectivity index (χ1v) is 9.17. The van der Waals surface area contributed by atoms with E-state index in [9.17, 15) is 18.3 Å². The maximum Gasteiger partial charge on any atom is 0.411 e. The molecule has 27 heavy (non-hydrogen) atoms. The van der Waals surface area contributed by atoms with E-state index >= 15 is 0 Å². The average molecular weight is 381 g/mol. The van der Waals surface area contributed by atoms with Crippen LogP contribution in [-0.4, -0.2) is 40.5 Å². The van der Waals surface area contributed by atoms with Gasteiger partial charge in [0.05, 0.1) is 5.69 Å². The molecule has 0 bridgehead atoms. The highest BCUT2D eigenvalue weighted by atomic mass is 19.4. The summed E-state index contributed by atoms with van der Waals surface area (Å²) in [5.74, 6) is 0.159. The van der Waals surface area contributed by atoms with E-state index in [-0.39, 0.29) is 18.6 Å².